The molecule has 0 fully saturated rings. The van der Waals surface area contributed by atoms with Crippen molar-refractivity contribution in [1.29, 1.82) is 0 Å². The first kappa shape index (κ1) is 16.3. The van der Waals surface area contributed by atoms with Gasteiger partial charge in [-0.15, -0.1) is 11.8 Å². The molecule has 0 amide bonds. The van der Waals surface area contributed by atoms with Crippen molar-refractivity contribution in [2.45, 2.75) is 15.5 Å². The van der Waals surface area contributed by atoms with Crippen LogP contribution in [-0.2, 0) is 5.75 Å². The predicted octanol–water partition coefficient (Wildman–Crippen LogP) is 4.39. The minimum atomic E-state index is -0.388. The highest BCUT2D eigenvalue weighted by atomic mass is 32.2. The van der Waals surface area contributed by atoms with E-state index < -0.39 is 0 Å². The average molecular weight is 360 g/mol. The minimum Gasteiger partial charge on any atom is -0.343 e. The standard InChI is InChI=1S/C15H12N4O3S2/c20-19(21)12-6-2-4-8-14(12)24-18-11-5-1-3-7-13(11)23-9-15-16-10-22-17-15/h1-8,10,18H,9H2. The van der Waals surface area contributed by atoms with E-state index in [1.807, 2.05) is 24.3 Å². The number of anilines is 1. The van der Waals surface area contributed by atoms with E-state index in [2.05, 4.69) is 14.9 Å². The fraction of sp³-hybridized carbons (Fsp3) is 0.0667. The molecule has 1 N–H and O–H groups in total. The monoisotopic (exact) mass is 360 g/mol. The van der Waals surface area contributed by atoms with Crippen LogP contribution in [0.4, 0.5) is 11.4 Å². The third-order valence-corrected chi connectivity index (χ3v) is 4.94. The number of nitrogens with one attached hydrogen (secondary N) is 1. The molecule has 0 spiro atoms. The summed E-state index contributed by atoms with van der Waals surface area (Å²) < 4.78 is 7.90. The highest BCUT2D eigenvalue weighted by Gasteiger charge is 2.13. The Balaban J connectivity index is 1.70. The number of benzene rings is 2. The highest BCUT2D eigenvalue weighted by Crippen LogP contribution is 2.34. The van der Waals surface area contributed by atoms with Crippen molar-refractivity contribution in [3.05, 3.63) is 70.9 Å². The molecule has 2 aromatic carbocycles. The molecular weight excluding hydrogens is 348 g/mol. The zero-order chi connectivity index (χ0) is 16.8. The van der Waals surface area contributed by atoms with Crippen molar-refractivity contribution in [1.82, 2.24) is 10.1 Å². The molecule has 1 heterocycles. The molecule has 122 valence electrons. The second-order valence-electron chi connectivity index (χ2n) is 4.56. The molecule has 3 rings (SSSR count). The Morgan fingerprint density at radius 1 is 1.12 bits per heavy atom. The Morgan fingerprint density at radius 3 is 2.62 bits per heavy atom. The second kappa shape index (κ2) is 7.84. The molecule has 0 radical (unpaired) electrons. The van der Waals surface area contributed by atoms with Crippen molar-refractivity contribution in [3.8, 4) is 0 Å². The minimum absolute atomic E-state index is 0.0759. The number of para-hydroxylation sites is 2. The maximum Gasteiger partial charge on any atom is 0.284 e. The Morgan fingerprint density at radius 2 is 1.88 bits per heavy atom. The van der Waals surface area contributed by atoms with Gasteiger partial charge in [-0.3, -0.25) is 10.1 Å². The molecule has 0 aliphatic carbocycles. The van der Waals surface area contributed by atoms with Gasteiger partial charge in [0.15, 0.2) is 5.82 Å². The van der Waals surface area contributed by atoms with E-state index in [4.69, 9.17) is 4.52 Å². The van der Waals surface area contributed by atoms with Gasteiger partial charge in [-0.25, -0.2) is 0 Å². The first-order valence-electron chi connectivity index (χ1n) is 6.87. The molecule has 1 aromatic heterocycles. The fourth-order valence-electron chi connectivity index (χ4n) is 1.88. The Bertz CT molecular complexity index is 827. The topological polar surface area (TPSA) is 94.1 Å². The van der Waals surface area contributed by atoms with Gasteiger partial charge in [-0.1, -0.05) is 29.4 Å². The largest absolute Gasteiger partial charge is 0.343 e. The number of thioether (sulfide) groups is 1. The van der Waals surface area contributed by atoms with Crippen LogP contribution in [0, 0.1) is 10.1 Å². The van der Waals surface area contributed by atoms with E-state index >= 15 is 0 Å². The van der Waals surface area contributed by atoms with Crippen LogP contribution >= 0.6 is 23.7 Å². The van der Waals surface area contributed by atoms with Gasteiger partial charge in [-0.05, 0) is 30.1 Å². The van der Waals surface area contributed by atoms with Crippen molar-refractivity contribution in [2.24, 2.45) is 0 Å². The van der Waals surface area contributed by atoms with Crippen molar-refractivity contribution in [3.63, 3.8) is 0 Å². The summed E-state index contributed by atoms with van der Waals surface area (Å²) in [6.07, 6.45) is 1.30. The van der Waals surface area contributed by atoms with Crippen LogP contribution in [0.1, 0.15) is 5.82 Å². The van der Waals surface area contributed by atoms with Crippen molar-refractivity contribution < 1.29 is 9.45 Å². The van der Waals surface area contributed by atoms with Gasteiger partial charge in [0.1, 0.15) is 4.90 Å². The quantitative estimate of drug-likeness (QED) is 0.287. The molecule has 0 bridgehead atoms. The molecule has 0 aliphatic heterocycles. The first-order valence-corrected chi connectivity index (χ1v) is 8.67. The highest BCUT2D eigenvalue weighted by molar-refractivity contribution is 8.01. The summed E-state index contributed by atoms with van der Waals surface area (Å²) in [4.78, 5) is 16.2. The SMILES string of the molecule is O=[N+]([O-])c1ccccc1SNc1ccccc1SCc1ncon1. The number of nitro groups is 1. The lowest BCUT2D eigenvalue weighted by Gasteiger charge is -2.10. The molecule has 9 heteroatoms. The summed E-state index contributed by atoms with van der Waals surface area (Å²) in [6, 6.07) is 14.3. The molecule has 3 aromatic rings. The molecule has 0 unspecified atom stereocenters. The zero-order valence-electron chi connectivity index (χ0n) is 12.3. The summed E-state index contributed by atoms with van der Waals surface area (Å²) in [7, 11) is 0. The number of hydrogen-bond donors (Lipinski definition) is 1. The number of nitro benzene ring substituents is 1. The smallest absolute Gasteiger partial charge is 0.284 e. The number of rotatable bonds is 7. The molecule has 0 saturated carbocycles. The summed E-state index contributed by atoms with van der Waals surface area (Å²) in [5, 5.41) is 14.8. The lowest BCUT2D eigenvalue weighted by Crippen LogP contribution is -1.94. The van der Waals surface area contributed by atoms with E-state index in [0.29, 0.717) is 16.5 Å². The third kappa shape index (κ3) is 4.06. The van der Waals surface area contributed by atoms with E-state index in [-0.39, 0.29) is 10.6 Å². The maximum absolute atomic E-state index is 11.1. The molecule has 7 nitrogen and oxygen atoms in total. The fourth-order valence-corrected chi connectivity index (χ4v) is 3.60. The van der Waals surface area contributed by atoms with Gasteiger partial charge in [0.05, 0.1) is 16.4 Å². The number of hydrogen-bond acceptors (Lipinski definition) is 8. The molecular formula is C15H12N4O3S2. The summed E-state index contributed by atoms with van der Waals surface area (Å²) >= 11 is 2.77. The maximum atomic E-state index is 11.1. The van der Waals surface area contributed by atoms with Crippen LogP contribution in [0.15, 0.2) is 69.2 Å². The predicted molar refractivity (Wildman–Crippen MR) is 92.9 cm³/mol. The Kier molecular flexibility index (Phi) is 5.34. The van der Waals surface area contributed by atoms with Gasteiger partial charge in [0, 0.05) is 11.0 Å². The number of aromatic nitrogens is 2. The normalized spacial score (nSPS) is 10.5. The second-order valence-corrected chi connectivity index (χ2v) is 6.43. The number of nitrogens with zero attached hydrogens (tertiary/aromatic N) is 3. The molecule has 24 heavy (non-hydrogen) atoms. The van der Waals surface area contributed by atoms with Crippen LogP contribution in [-0.4, -0.2) is 15.1 Å². The summed E-state index contributed by atoms with van der Waals surface area (Å²) in [6.45, 7) is 0. The lowest BCUT2D eigenvalue weighted by atomic mass is 10.3. The van der Waals surface area contributed by atoms with Crippen molar-refractivity contribution in [2.75, 3.05) is 4.72 Å². The Labute approximate surface area is 146 Å². The summed E-state index contributed by atoms with van der Waals surface area (Å²) in [5.74, 6) is 1.19. The Hall–Kier alpha value is -2.52. The van der Waals surface area contributed by atoms with Crippen molar-refractivity contribution >= 4 is 35.1 Å². The molecule has 0 aliphatic rings. The van der Waals surface area contributed by atoms with Gasteiger partial charge in [0.25, 0.3) is 5.69 Å². The van der Waals surface area contributed by atoms with E-state index in [9.17, 15) is 10.1 Å². The average Bonchev–Trinajstić information content (AvgIpc) is 3.12. The first-order chi connectivity index (χ1) is 11.7. The van der Waals surface area contributed by atoms with Crippen LogP contribution in [0.2, 0.25) is 0 Å². The van der Waals surface area contributed by atoms with Gasteiger partial charge in [0.2, 0.25) is 6.39 Å². The van der Waals surface area contributed by atoms with Gasteiger partial charge in [-0.2, -0.15) is 4.98 Å². The van der Waals surface area contributed by atoms with E-state index in [0.717, 1.165) is 10.6 Å². The van der Waals surface area contributed by atoms with Crippen LogP contribution in [0.25, 0.3) is 0 Å². The van der Waals surface area contributed by atoms with Crippen LogP contribution < -0.4 is 4.72 Å². The summed E-state index contributed by atoms with van der Waals surface area (Å²) in [5.41, 5.74) is 0.945. The van der Waals surface area contributed by atoms with E-state index in [1.54, 1.807) is 30.0 Å². The zero-order valence-corrected chi connectivity index (χ0v) is 13.9. The van der Waals surface area contributed by atoms with Crippen LogP contribution in [0.5, 0.6) is 0 Å². The van der Waals surface area contributed by atoms with Crippen LogP contribution in [0.3, 0.4) is 0 Å². The third-order valence-electron chi connectivity index (χ3n) is 2.98. The lowest BCUT2D eigenvalue weighted by molar-refractivity contribution is -0.387. The van der Waals surface area contributed by atoms with Gasteiger partial charge < -0.3 is 9.25 Å². The molecule has 0 atom stereocenters. The van der Waals surface area contributed by atoms with Gasteiger partial charge >= 0.3 is 0 Å². The van der Waals surface area contributed by atoms with E-state index in [1.165, 1.54) is 24.4 Å². The molecule has 0 saturated heterocycles.